The molecule has 0 aromatic carbocycles. The molecule has 3 heteroatoms. The average molecular weight is 305 g/mol. The standard InChI is InChI=1S/C18H28N2S/c1-14(2)20-13-7-11-17(20)16-10-6-12-19-18(16)21-15-8-4-3-5-9-15/h6,10,12,14-15,17H,3-5,7-9,11,13H2,1-2H3/t17-/m1/s1. The molecule has 1 aliphatic heterocycles. The number of likely N-dealkylation sites (tertiary alicyclic amines) is 1. The highest BCUT2D eigenvalue weighted by atomic mass is 32.2. The molecule has 1 saturated carbocycles. The summed E-state index contributed by atoms with van der Waals surface area (Å²) < 4.78 is 0. The SMILES string of the molecule is CC(C)N1CCC[C@@H]1c1cccnc1SC1CCCCC1. The van der Waals surface area contributed by atoms with Gasteiger partial charge in [-0.1, -0.05) is 25.3 Å². The molecule has 0 N–H and O–H groups in total. The summed E-state index contributed by atoms with van der Waals surface area (Å²) in [5.41, 5.74) is 1.49. The van der Waals surface area contributed by atoms with Gasteiger partial charge in [-0.25, -0.2) is 4.98 Å². The highest BCUT2D eigenvalue weighted by Crippen LogP contribution is 2.40. The van der Waals surface area contributed by atoms with Crippen LogP contribution >= 0.6 is 11.8 Å². The Bertz CT molecular complexity index is 454. The van der Waals surface area contributed by atoms with Crippen LogP contribution in [0, 0.1) is 0 Å². The second-order valence-electron chi connectivity index (χ2n) is 6.77. The van der Waals surface area contributed by atoms with Gasteiger partial charge in [0, 0.05) is 29.1 Å². The van der Waals surface area contributed by atoms with Gasteiger partial charge in [0.15, 0.2) is 0 Å². The van der Waals surface area contributed by atoms with Crippen molar-refractivity contribution in [2.45, 2.75) is 81.2 Å². The number of nitrogens with zero attached hydrogens (tertiary/aromatic N) is 2. The van der Waals surface area contributed by atoms with Gasteiger partial charge in [-0.3, -0.25) is 4.90 Å². The van der Waals surface area contributed by atoms with Gasteiger partial charge >= 0.3 is 0 Å². The maximum atomic E-state index is 4.75. The molecule has 21 heavy (non-hydrogen) atoms. The molecular weight excluding hydrogens is 276 g/mol. The minimum Gasteiger partial charge on any atom is -0.294 e. The summed E-state index contributed by atoms with van der Waals surface area (Å²) >= 11 is 2.05. The zero-order chi connectivity index (χ0) is 14.7. The Kier molecular flexibility index (Phi) is 5.23. The maximum Gasteiger partial charge on any atom is 0.101 e. The van der Waals surface area contributed by atoms with Gasteiger partial charge in [-0.05, 0) is 52.1 Å². The van der Waals surface area contributed by atoms with Crippen LogP contribution in [0.25, 0.3) is 0 Å². The quantitative estimate of drug-likeness (QED) is 0.774. The van der Waals surface area contributed by atoms with Crippen LogP contribution in [0.5, 0.6) is 0 Å². The minimum absolute atomic E-state index is 0.588. The van der Waals surface area contributed by atoms with Gasteiger partial charge < -0.3 is 0 Å². The molecule has 2 fully saturated rings. The number of hydrogen-bond acceptors (Lipinski definition) is 3. The van der Waals surface area contributed by atoms with Crippen LogP contribution in [0.1, 0.15) is 70.4 Å². The van der Waals surface area contributed by atoms with E-state index in [9.17, 15) is 0 Å². The number of pyridine rings is 1. The lowest BCUT2D eigenvalue weighted by atomic mass is 10.0. The Morgan fingerprint density at radius 1 is 1.14 bits per heavy atom. The van der Waals surface area contributed by atoms with Crippen molar-refractivity contribution in [1.29, 1.82) is 0 Å². The zero-order valence-electron chi connectivity index (χ0n) is 13.4. The van der Waals surface area contributed by atoms with E-state index in [4.69, 9.17) is 4.98 Å². The van der Waals surface area contributed by atoms with Crippen molar-refractivity contribution >= 4 is 11.8 Å². The molecule has 1 saturated heterocycles. The first-order valence-corrected chi connectivity index (χ1v) is 9.51. The van der Waals surface area contributed by atoms with Crippen molar-refractivity contribution in [3.8, 4) is 0 Å². The molecular formula is C18H28N2S. The van der Waals surface area contributed by atoms with Crippen LogP contribution < -0.4 is 0 Å². The third-order valence-corrected chi connectivity index (χ3v) is 6.32. The first-order valence-electron chi connectivity index (χ1n) is 8.63. The predicted octanol–water partition coefficient (Wildman–Crippen LogP) is 5.05. The highest BCUT2D eigenvalue weighted by molar-refractivity contribution is 7.99. The normalized spacial score (nSPS) is 24.8. The number of thioether (sulfide) groups is 1. The van der Waals surface area contributed by atoms with Gasteiger partial charge in [0.1, 0.15) is 5.03 Å². The van der Waals surface area contributed by atoms with Crippen LogP contribution in [0.2, 0.25) is 0 Å². The summed E-state index contributed by atoms with van der Waals surface area (Å²) in [6, 6.07) is 5.66. The Hall–Kier alpha value is -0.540. The molecule has 0 spiro atoms. The molecule has 1 aliphatic carbocycles. The summed E-state index contributed by atoms with van der Waals surface area (Å²) in [7, 11) is 0. The van der Waals surface area contributed by atoms with Gasteiger partial charge in [0.25, 0.3) is 0 Å². The molecule has 0 unspecified atom stereocenters. The summed E-state index contributed by atoms with van der Waals surface area (Å²) in [5, 5.41) is 2.10. The lowest BCUT2D eigenvalue weighted by Crippen LogP contribution is -2.30. The van der Waals surface area contributed by atoms with E-state index in [2.05, 4.69) is 42.6 Å². The van der Waals surface area contributed by atoms with Crippen molar-refractivity contribution in [3.05, 3.63) is 23.9 Å². The van der Waals surface area contributed by atoms with Crippen molar-refractivity contribution < 1.29 is 0 Å². The number of rotatable bonds is 4. The molecule has 116 valence electrons. The van der Waals surface area contributed by atoms with Crippen LogP contribution in [0.3, 0.4) is 0 Å². The molecule has 2 nitrogen and oxygen atoms in total. The Labute approximate surface area is 133 Å². The van der Waals surface area contributed by atoms with E-state index >= 15 is 0 Å². The Morgan fingerprint density at radius 3 is 2.71 bits per heavy atom. The van der Waals surface area contributed by atoms with Crippen LogP contribution in [0.4, 0.5) is 0 Å². The molecule has 0 amide bonds. The monoisotopic (exact) mass is 304 g/mol. The highest BCUT2D eigenvalue weighted by Gasteiger charge is 2.30. The van der Waals surface area contributed by atoms with E-state index in [0.29, 0.717) is 12.1 Å². The van der Waals surface area contributed by atoms with E-state index in [1.54, 1.807) is 0 Å². The third-order valence-electron chi connectivity index (χ3n) is 4.95. The minimum atomic E-state index is 0.588. The fourth-order valence-electron chi connectivity index (χ4n) is 3.84. The molecule has 1 aromatic heterocycles. The zero-order valence-corrected chi connectivity index (χ0v) is 14.2. The Morgan fingerprint density at radius 2 is 1.95 bits per heavy atom. The number of aromatic nitrogens is 1. The van der Waals surface area contributed by atoms with E-state index < -0.39 is 0 Å². The third kappa shape index (κ3) is 3.62. The summed E-state index contributed by atoms with van der Waals surface area (Å²) in [5.74, 6) is 0. The van der Waals surface area contributed by atoms with Gasteiger partial charge in [-0.15, -0.1) is 11.8 Å². The first-order chi connectivity index (χ1) is 10.3. The molecule has 2 aliphatic rings. The second-order valence-corrected chi connectivity index (χ2v) is 8.05. The molecule has 3 rings (SSSR count). The topological polar surface area (TPSA) is 16.1 Å². The molecule has 1 aromatic rings. The van der Waals surface area contributed by atoms with Gasteiger partial charge in [0.2, 0.25) is 0 Å². The fraction of sp³-hybridized carbons (Fsp3) is 0.722. The van der Waals surface area contributed by atoms with E-state index in [1.807, 2.05) is 6.20 Å². The maximum absolute atomic E-state index is 4.75. The van der Waals surface area contributed by atoms with E-state index in [-0.39, 0.29) is 0 Å². The van der Waals surface area contributed by atoms with Crippen molar-refractivity contribution in [2.75, 3.05) is 6.54 Å². The van der Waals surface area contributed by atoms with Crippen LogP contribution in [-0.4, -0.2) is 27.7 Å². The number of hydrogen-bond donors (Lipinski definition) is 0. The average Bonchev–Trinajstić information content (AvgIpc) is 2.98. The van der Waals surface area contributed by atoms with Crippen LogP contribution in [0.15, 0.2) is 23.4 Å². The van der Waals surface area contributed by atoms with Crippen molar-refractivity contribution in [3.63, 3.8) is 0 Å². The molecule has 2 heterocycles. The van der Waals surface area contributed by atoms with Gasteiger partial charge in [-0.2, -0.15) is 0 Å². The van der Waals surface area contributed by atoms with Gasteiger partial charge in [0.05, 0.1) is 0 Å². The molecule has 0 radical (unpaired) electrons. The molecule has 0 bridgehead atoms. The smallest absolute Gasteiger partial charge is 0.101 e. The van der Waals surface area contributed by atoms with E-state index in [1.165, 1.54) is 62.1 Å². The first kappa shape index (κ1) is 15.4. The summed E-state index contributed by atoms with van der Waals surface area (Å²) in [6.45, 7) is 5.88. The lowest BCUT2D eigenvalue weighted by molar-refractivity contribution is 0.203. The van der Waals surface area contributed by atoms with E-state index in [0.717, 1.165) is 5.25 Å². The molecule has 1 atom stereocenters. The Balaban J connectivity index is 1.78. The van der Waals surface area contributed by atoms with Crippen molar-refractivity contribution in [1.82, 2.24) is 9.88 Å². The lowest BCUT2D eigenvalue weighted by Gasteiger charge is -2.30. The summed E-state index contributed by atoms with van der Waals surface area (Å²) in [4.78, 5) is 7.40. The largest absolute Gasteiger partial charge is 0.294 e. The predicted molar refractivity (Wildman–Crippen MR) is 90.8 cm³/mol. The van der Waals surface area contributed by atoms with Crippen LogP contribution in [-0.2, 0) is 0 Å². The fourth-order valence-corrected chi connectivity index (χ4v) is 5.18. The van der Waals surface area contributed by atoms with Crippen molar-refractivity contribution in [2.24, 2.45) is 0 Å². The summed E-state index contributed by atoms with van der Waals surface area (Å²) in [6.07, 6.45) is 11.6. The second kappa shape index (κ2) is 7.15.